The SMILES string of the molecule is CSCCSCCC(NC=O)C(=O)O. The van der Waals surface area contributed by atoms with E-state index in [1.54, 1.807) is 23.5 Å². The molecule has 0 aliphatic carbocycles. The summed E-state index contributed by atoms with van der Waals surface area (Å²) in [5, 5.41) is 10.9. The summed E-state index contributed by atoms with van der Waals surface area (Å²) in [5.74, 6) is 1.89. The molecular weight excluding hydrogens is 222 g/mol. The van der Waals surface area contributed by atoms with Gasteiger partial charge in [0, 0.05) is 11.5 Å². The van der Waals surface area contributed by atoms with E-state index < -0.39 is 12.0 Å². The van der Waals surface area contributed by atoms with Crippen molar-refractivity contribution < 1.29 is 14.7 Å². The van der Waals surface area contributed by atoms with Gasteiger partial charge in [-0.2, -0.15) is 23.5 Å². The summed E-state index contributed by atoms with van der Waals surface area (Å²) in [5.41, 5.74) is 0. The van der Waals surface area contributed by atoms with Crippen LogP contribution in [0.3, 0.4) is 0 Å². The molecule has 2 N–H and O–H groups in total. The van der Waals surface area contributed by atoms with Gasteiger partial charge in [0.25, 0.3) is 0 Å². The average molecular weight is 237 g/mol. The van der Waals surface area contributed by atoms with Gasteiger partial charge in [0.2, 0.25) is 6.41 Å². The number of aliphatic carboxylic acids is 1. The summed E-state index contributed by atoms with van der Waals surface area (Å²) < 4.78 is 0. The molecule has 0 aromatic heterocycles. The summed E-state index contributed by atoms with van der Waals surface area (Å²) in [6, 6.07) is -0.741. The third-order valence-corrected chi connectivity index (χ3v) is 3.44. The van der Waals surface area contributed by atoms with E-state index in [4.69, 9.17) is 5.11 Å². The summed E-state index contributed by atoms with van der Waals surface area (Å²) in [4.78, 5) is 20.6. The Morgan fingerprint density at radius 2 is 2.21 bits per heavy atom. The number of carboxylic acid groups (broad SMARTS) is 1. The second-order valence-electron chi connectivity index (χ2n) is 2.57. The predicted molar refractivity (Wildman–Crippen MR) is 60.9 cm³/mol. The van der Waals surface area contributed by atoms with Gasteiger partial charge >= 0.3 is 5.97 Å². The number of carbonyl (C=O) groups excluding carboxylic acids is 1. The van der Waals surface area contributed by atoms with Gasteiger partial charge in [-0.15, -0.1) is 0 Å². The molecule has 4 nitrogen and oxygen atoms in total. The first-order valence-electron chi connectivity index (χ1n) is 4.21. The standard InChI is InChI=1S/C8H15NO3S2/c1-13-4-5-14-3-2-7(8(11)12)9-6-10/h6-7H,2-5H2,1H3,(H,9,10)(H,11,12). The molecule has 6 heteroatoms. The van der Waals surface area contributed by atoms with Gasteiger partial charge in [-0.1, -0.05) is 0 Å². The van der Waals surface area contributed by atoms with E-state index in [2.05, 4.69) is 5.32 Å². The molecule has 0 spiro atoms. The van der Waals surface area contributed by atoms with E-state index in [1.807, 2.05) is 6.26 Å². The van der Waals surface area contributed by atoms with Crippen LogP contribution >= 0.6 is 23.5 Å². The van der Waals surface area contributed by atoms with Crippen LogP contribution in [0.15, 0.2) is 0 Å². The van der Waals surface area contributed by atoms with E-state index in [-0.39, 0.29) is 0 Å². The number of hydrogen-bond donors (Lipinski definition) is 2. The lowest BCUT2D eigenvalue weighted by molar-refractivity contribution is -0.140. The van der Waals surface area contributed by atoms with Crippen molar-refractivity contribution in [1.82, 2.24) is 5.32 Å². The van der Waals surface area contributed by atoms with Crippen LogP contribution in [0, 0.1) is 0 Å². The van der Waals surface area contributed by atoms with E-state index in [0.29, 0.717) is 12.8 Å². The normalized spacial score (nSPS) is 12.1. The zero-order chi connectivity index (χ0) is 10.8. The molecule has 0 rings (SSSR count). The minimum absolute atomic E-state index is 0.436. The fourth-order valence-electron chi connectivity index (χ4n) is 0.806. The van der Waals surface area contributed by atoms with Crippen molar-refractivity contribution >= 4 is 35.9 Å². The smallest absolute Gasteiger partial charge is 0.326 e. The molecule has 1 unspecified atom stereocenters. The highest BCUT2D eigenvalue weighted by atomic mass is 32.2. The lowest BCUT2D eigenvalue weighted by Crippen LogP contribution is -2.36. The average Bonchev–Trinajstić information content (AvgIpc) is 2.15. The second-order valence-corrected chi connectivity index (χ2v) is 4.78. The fraction of sp³-hybridized carbons (Fsp3) is 0.750. The predicted octanol–water partition coefficient (Wildman–Crippen LogP) is 0.672. The maximum Gasteiger partial charge on any atom is 0.326 e. The van der Waals surface area contributed by atoms with Crippen LogP contribution in [0.5, 0.6) is 0 Å². The molecule has 0 fully saturated rings. The summed E-state index contributed by atoms with van der Waals surface area (Å²) >= 11 is 3.48. The Morgan fingerprint density at radius 1 is 1.50 bits per heavy atom. The van der Waals surface area contributed by atoms with Gasteiger partial charge in [0.05, 0.1) is 0 Å². The lowest BCUT2D eigenvalue weighted by Gasteiger charge is -2.09. The van der Waals surface area contributed by atoms with E-state index >= 15 is 0 Å². The van der Waals surface area contributed by atoms with Crippen LogP contribution < -0.4 is 5.32 Å². The topological polar surface area (TPSA) is 66.4 Å². The zero-order valence-electron chi connectivity index (χ0n) is 8.06. The van der Waals surface area contributed by atoms with Crippen molar-refractivity contribution in [3.63, 3.8) is 0 Å². The number of carbonyl (C=O) groups is 2. The molecular formula is C8H15NO3S2. The largest absolute Gasteiger partial charge is 0.480 e. The van der Waals surface area contributed by atoms with Crippen LogP contribution in [0.25, 0.3) is 0 Å². The molecule has 0 aromatic rings. The number of amides is 1. The molecule has 0 heterocycles. The van der Waals surface area contributed by atoms with Gasteiger partial charge in [-0.25, -0.2) is 4.79 Å². The van der Waals surface area contributed by atoms with Gasteiger partial charge in [-0.05, 0) is 18.4 Å². The van der Waals surface area contributed by atoms with E-state index in [9.17, 15) is 9.59 Å². The summed E-state index contributed by atoms with van der Waals surface area (Å²) in [7, 11) is 0. The van der Waals surface area contributed by atoms with Gasteiger partial charge < -0.3 is 10.4 Å². The molecule has 14 heavy (non-hydrogen) atoms. The first-order chi connectivity index (χ1) is 6.72. The van der Waals surface area contributed by atoms with Crippen molar-refractivity contribution in [1.29, 1.82) is 0 Å². The lowest BCUT2D eigenvalue weighted by atomic mass is 10.2. The van der Waals surface area contributed by atoms with Gasteiger partial charge in [-0.3, -0.25) is 4.79 Å². The Balaban J connectivity index is 3.50. The Labute approximate surface area is 92.2 Å². The number of nitrogens with one attached hydrogen (secondary N) is 1. The van der Waals surface area contributed by atoms with E-state index in [1.165, 1.54) is 0 Å². The van der Waals surface area contributed by atoms with Crippen LogP contribution in [0.2, 0.25) is 0 Å². The molecule has 0 aliphatic rings. The molecule has 1 atom stereocenters. The van der Waals surface area contributed by atoms with Crippen LogP contribution in [-0.4, -0.2) is 47.0 Å². The van der Waals surface area contributed by atoms with Crippen molar-refractivity contribution in [2.45, 2.75) is 12.5 Å². The highest BCUT2D eigenvalue weighted by molar-refractivity contribution is 8.02. The quantitative estimate of drug-likeness (QED) is 0.456. The van der Waals surface area contributed by atoms with Crippen molar-refractivity contribution in [3.8, 4) is 0 Å². The highest BCUT2D eigenvalue weighted by Gasteiger charge is 2.14. The highest BCUT2D eigenvalue weighted by Crippen LogP contribution is 2.07. The summed E-state index contributed by atoms with van der Waals surface area (Å²) in [6.45, 7) is 0. The van der Waals surface area contributed by atoms with Crippen molar-refractivity contribution in [2.75, 3.05) is 23.5 Å². The molecule has 1 amide bonds. The number of thioether (sulfide) groups is 2. The first-order valence-corrected chi connectivity index (χ1v) is 6.76. The Kier molecular flexibility index (Phi) is 8.97. The number of rotatable bonds is 9. The van der Waals surface area contributed by atoms with Crippen molar-refractivity contribution in [3.05, 3.63) is 0 Å². The Bertz CT molecular complexity index is 178. The van der Waals surface area contributed by atoms with Gasteiger partial charge in [0.15, 0.2) is 0 Å². The molecule has 0 radical (unpaired) electrons. The number of hydrogen-bond acceptors (Lipinski definition) is 4. The molecule has 82 valence electrons. The third kappa shape index (κ3) is 7.08. The Morgan fingerprint density at radius 3 is 2.71 bits per heavy atom. The second kappa shape index (κ2) is 9.21. The van der Waals surface area contributed by atoms with Crippen LogP contribution in [0.1, 0.15) is 6.42 Å². The zero-order valence-corrected chi connectivity index (χ0v) is 9.70. The third-order valence-electron chi connectivity index (χ3n) is 1.55. The first kappa shape index (κ1) is 13.6. The van der Waals surface area contributed by atoms with Crippen LogP contribution in [-0.2, 0) is 9.59 Å². The minimum atomic E-state index is -0.970. The molecule has 0 saturated carbocycles. The maximum atomic E-state index is 10.6. The molecule has 0 aliphatic heterocycles. The molecule has 0 aromatic carbocycles. The maximum absolute atomic E-state index is 10.6. The van der Waals surface area contributed by atoms with E-state index in [0.717, 1.165) is 17.3 Å². The van der Waals surface area contributed by atoms with Crippen molar-refractivity contribution in [2.24, 2.45) is 0 Å². The van der Waals surface area contributed by atoms with Gasteiger partial charge in [0.1, 0.15) is 6.04 Å². The Hall–Kier alpha value is -0.360. The van der Waals surface area contributed by atoms with Crippen LogP contribution in [0.4, 0.5) is 0 Å². The minimum Gasteiger partial charge on any atom is -0.480 e. The molecule has 0 saturated heterocycles. The summed E-state index contributed by atoms with van der Waals surface area (Å²) in [6.07, 6.45) is 2.95. The monoisotopic (exact) mass is 237 g/mol. The molecule has 0 bridgehead atoms. The fourth-order valence-corrected chi connectivity index (χ4v) is 2.55. The number of carboxylic acids is 1.